The van der Waals surface area contributed by atoms with Crippen molar-refractivity contribution in [2.75, 3.05) is 33.8 Å². The summed E-state index contributed by atoms with van der Waals surface area (Å²) in [6.45, 7) is 1.21. The van der Waals surface area contributed by atoms with Crippen LogP contribution >= 0.6 is 0 Å². The maximum atomic E-state index is 12.4. The number of benzene rings is 1. The van der Waals surface area contributed by atoms with Gasteiger partial charge in [0, 0.05) is 27.2 Å². The van der Waals surface area contributed by atoms with Gasteiger partial charge in [0.2, 0.25) is 10.0 Å². The Morgan fingerprint density at radius 3 is 2.36 bits per heavy atom. The SMILES string of the molecule is CN(C)S(=O)(=O)c1ccc(C(=O)OCC(=O)N2CC[C@H]3CCCC[C@@H]3C2)cc1. The average molecular weight is 409 g/mol. The third-order valence-electron chi connectivity index (χ3n) is 5.84. The molecular formula is C20H28N2O5S. The molecule has 1 aromatic rings. The molecule has 0 unspecified atom stereocenters. The first kappa shape index (κ1) is 20.8. The van der Waals surface area contributed by atoms with Gasteiger partial charge in [0.1, 0.15) is 0 Å². The molecule has 1 saturated carbocycles. The Hall–Kier alpha value is -1.93. The van der Waals surface area contributed by atoms with Gasteiger partial charge in [-0.15, -0.1) is 0 Å². The van der Waals surface area contributed by atoms with E-state index in [1.165, 1.54) is 64.0 Å². The standard InChI is InChI=1S/C20H28N2O5S/c1-21(2)28(25,26)18-9-7-16(8-10-18)20(24)27-14-19(23)22-12-11-15-5-3-4-6-17(15)13-22/h7-10,15,17H,3-6,11-14H2,1-2H3/t15-,17-/m1/s1. The fourth-order valence-electron chi connectivity index (χ4n) is 4.10. The zero-order valence-electron chi connectivity index (χ0n) is 16.5. The molecule has 2 fully saturated rings. The number of carbonyl (C=O) groups is 2. The lowest BCUT2D eigenvalue weighted by Crippen LogP contribution is -2.46. The highest BCUT2D eigenvalue weighted by Crippen LogP contribution is 2.36. The number of nitrogens with zero attached hydrogens (tertiary/aromatic N) is 2. The number of rotatable bonds is 5. The third-order valence-corrected chi connectivity index (χ3v) is 7.67. The number of amides is 1. The van der Waals surface area contributed by atoms with E-state index in [1.54, 1.807) is 0 Å². The number of carbonyl (C=O) groups excluding carboxylic acids is 2. The van der Waals surface area contributed by atoms with Crippen LogP contribution in [0.1, 0.15) is 42.5 Å². The lowest BCUT2D eigenvalue weighted by molar-refractivity contribution is -0.137. The van der Waals surface area contributed by atoms with Crippen molar-refractivity contribution in [2.24, 2.45) is 11.8 Å². The van der Waals surface area contributed by atoms with Gasteiger partial charge in [0.05, 0.1) is 10.5 Å². The largest absolute Gasteiger partial charge is 0.452 e. The summed E-state index contributed by atoms with van der Waals surface area (Å²) in [5, 5.41) is 0. The molecular weight excluding hydrogens is 380 g/mol. The molecule has 28 heavy (non-hydrogen) atoms. The first-order valence-corrected chi connectivity index (χ1v) is 11.2. The molecule has 1 amide bonds. The van der Waals surface area contributed by atoms with Crippen LogP contribution in [-0.2, 0) is 19.6 Å². The predicted octanol–water partition coefficient (Wildman–Crippen LogP) is 2.13. The van der Waals surface area contributed by atoms with Crippen molar-refractivity contribution in [2.45, 2.75) is 37.0 Å². The van der Waals surface area contributed by atoms with Gasteiger partial charge in [-0.25, -0.2) is 17.5 Å². The highest BCUT2D eigenvalue weighted by molar-refractivity contribution is 7.89. The molecule has 1 heterocycles. The van der Waals surface area contributed by atoms with E-state index in [0.717, 1.165) is 29.7 Å². The second kappa shape index (κ2) is 8.61. The average Bonchev–Trinajstić information content (AvgIpc) is 2.71. The number of fused-ring (bicyclic) bond motifs is 1. The maximum Gasteiger partial charge on any atom is 0.338 e. The first-order valence-electron chi connectivity index (χ1n) is 9.76. The topological polar surface area (TPSA) is 84.0 Å². The monoisotopic (exact) mass is 408 g/mol. The number of likely N-dealkylation sites (tertiary alicyclic amines) is 1. The van der Waals surface area contributed by atoms with Gasteiger partial charge >= 0.3 is 5.97 Å². The fourth-order valence-corrected chi connectivity index (χ4v) is 5.00. The molecule has 1 aliphatic heterocycles. The normalized spacial score (nSPS) is 22.6. The van der Waals surface area contributed by atoms with Crippen LogP contribution in [0.25, 0.3) is 0 Å². The van der Waals surface area contributed by atoms with Gasteiger partial charge in [0.15, 0.2) is 6.61 Å². The minimum absolute atomic E-state index is 0.0977. The van der Waals surface area contributed by atoms with E-state index < -0.39 is 16.0 Å². The summed E-state index contributed by atoms with van der Waals surface area (Å²) in [6.07, 6.45) is 6.00. The van der Waals surface area contributed by atoms with E-state index in [0.29, 0.717) is 5.92 Å². The molecule has 1 aliphatic carbocycles. The first-order chi connectivity index (χ1) is 13.3. The van der Waals surface area contributed by atoms with E-state index in [-0.39, 0.29) is 23.0 Å². The second-order valence-corrected chi connectivity index (χ2v) is 9.97. The summed E-state index contributed by atoms with van der Waals surface area (Å²) in [5.41, 5.74) is 0.219. The van der Waals surface area contributed by atoms with E-state index in [2.05, 4.69) is 0 Å². The minimum Gasteiger partial charge on any atom is -0.452 e. The number of hydrogen-bond acceptors (Lipinski definition) is 5. The predicted molar refractivity (Wildman–Crippen MR) is 104 cm³/mol. The molecule has 0 radical (unpaired) electrons. The van der Waals surface area contributed by atoms with Gasteiger partial charge in [-0.3, -0.25) is 4.79 Å². The van der Waals surface area contributed by atoms with E-state index in [9.17, 15) is 18.0 Å². The number of hydrogen-bond donors (Lipinski definition) is 0. The fraction of sp³-hybridized carbons (Fsp3) is 0.600. The van der Waals surface area contributed by atoms with Crippen molar-refractivity contribution in [1.82, 2.24) is 9.21 Å². The maximum absolute atomic E-state index is 12.4. The summed E-state index contributed by atoms with van der Waals surface area (Å²) in [6, 6.07) is 5.52. The molecule has 3 rings (SSSR count). The van der Waals surface area contributed by atoms with Crippen molar-refractivity contribution in [1.29, 1.82) is 0 Å². The quantitative estimate of drug-likeness (QED) is 0.697. The van der Waals surface area contributed by atoms with Crippen LogP contribution in [0, 0.1) is 11.8 Å². The van der Waals surface area contributed by atoms with Gasteiger partial charge in [-0.1, -0.05) is 19.3 Å². The molecule has 2 aliphatic rings. The number of piperidine rings is 1. The summed E-state index contributed by atoms with van der Waals surface area (Å²) < 4.78 is 30.4. The van der Waals surface area contributed by atoms with Crippen molar-refractivity contribution in [3.8, 4) is 0 Å². The van der Waals surface area contributed by atoms with E-state index in [1.807, 2.05) is 4.90 Å². The Labute approximate surface area is 166 Å². The van der Waals surface area contributed by atoms with E-state index >= 15 is 0 Å². The number of sulfonamides is 1. The van der Waals surface area contributed by atoms with Crippen LogP contribution in [0.4, 0.5) is 0 Å². The molecule has 1 saturated heterocycles. The van der Waals surface area contributed by atoms with Crippen LogP contribution in [0.3, 0.4) is 0 Å². The van der Waals surface area contributed by atoms with Gasteiger partial charge in [0.25, 0.3) is 5.91 Å². The van der Waals surface area contributed by atoms with Crippen molar-refractivity contribution in [3.63, 3.8) is 0 Å². The van der Waals surface area contributed by atoms with Crippen LogP contribution in [0.5, 0.6) is 0 Å². The Kier molecular flexibility index (Phi) is 6.40. The Morgan fingerprint density at radius 1 is 1.07 bits per heavy atom. The highest BCUT2D eigenvalue weighted by Gasteiger charge is 2.33. The third kappa shape index (κ3) is 4.55. The number of esters is 1. The second-order valence-electron chi connectivity index (χ2n) is 7.82. The summed E-state index contributed by atoms with van der Waals surface area (Å²) >= 11 is 0. The lowest BCUT2D eigenvalue weighted by Gasteiger charge is -2.41. The Balaban J connectivity index is 1.53. The highest BCUT2D eigenvalue weighted by atomic mass is 32.2. The molecule has 8 heteroatoms. The molecule has 7 nitrogen and oxygen atoms in total. The van der Waals surface area contributed by atoms with Crippen LogP contribution in [-0.4, -0.2) is 63.3 Å². The molecule has 2 atom stereocenters. The van der Waals surface area contributed by atoms with Gasteiger partial charge < -0.3 is 9.64 Å². The summed E-state index contributed by atoms with van der Waals surface area (Å²) in [7, 11) is -0.662. The summed E-state index contributed by atoms with van der Waals surface area (Å²) in [4.78, 5) is 26.5. The summed E-state index contributed by atoms with van der Waals surface area (Å²) in [5.74, 6) is 0.518. The van der Waals surface area contributed by atoms with Crippen LogP contribution in [0.15, 0.2) is 29.2 Å². The molecule has 154 valence electrons. The molecule has 0 aromatic heterocycles. The zero-order valence-corrected chi connectivity index (χ0v) is 17.3. The zero-order chi connectivity index (χ0) is 20.3. The Bertz CT molecular complexity index is 820. The minimum atomic E-state index is -3.55. The van der Waals surface area contributed by atoms with Gasteiger partial charge in [-0.05, 0) is 48.9 Å². The molecule has 0 N–H and O–H groups in total. The molecule has 0 bridgehead atoms. The van der Waals surface area contributed by atoms with Crippen molar-refractivity contribution < 1.29 is 22.7 Å². The lowest BCUT2D eigenvalue weighted by atomic mass is 9.75. The number of ether oxygens (including phenoxy) is 1. The molecule has 0 spiro atoms. The van der Waals surface area contributed by atoms with Crippen LogP contribution < -0.4 is 0 Å². The van der Waals surface area contributed by atoms with E-state index in [4.69, 9.17) is 4.74 Å². The van der Waals surface area contributed by atoms with Gasteiger partial charge in [-0.2, -0.15) is 0 Å². The van der Waals surface area contributed by atoms with Crippen molar-refractivity contribution in [3.05, 3.63) is 29.8 Å². The smallest absolute Gasteiger partial charge is 0.338 e. The Morgan fingerprint density at radius 2 is 1.71 bits per heavy atom. The van der Waals surface area contributed by atoms with Crippen LogP contribution in [0.2, 0.25) is 0 Å². The molecule has 1 aromatic carbocycles. The van der Waals surface area contributed by atoms with Crippen molar-refractivity contribution >= 4 is 21.9 Å².